The van der Waals surface area contributed by atoms with Crippen molar-refractivity contribution in [3.05, 3.63) is 65.5 Å². The molecule has 0 aliphatic rings. The highest BCUT2D eigenvalue weighted by atomic mass is 19.1. The molecule has 2 amide bonds. The van der Waals surface area contributed by atoms with E-state index in [0.29, 0.717) is 11.8 Å². The van der Waals surface area contributed by atoms with Crippen LogP contribution in [0.15, 0.2) is 42.5 Å². The van der Waals surface area contributed by atoms with E-state index in [0.717, 1.165) is 17.0 Å². The van der Waals surface area contributed by atoms with E-state index in [1.165, 1.54) is 31.3 Å². The molecule has 0 saturated carbocycles. The monoisotopic (exact) mass is 380 g/mol. The Morgan fingerprint density at radius 2 is 1.63 bits per heavy atom. The Morgan fingerprint density at radius 3 is 2.26 bits per heavy atom. The maximum absolute atomic E-state index is 13.5. The molecule has 1 N–H and O–H groups in total. The maximum Gasteiger partial charge on any atom is 0.341 e. The van der Waals surface area contributed by atoms with E-state index in [9.17, 15) is 27.6 Å². The van der Waals surface area contributed by atoms with Crippen LogP contribution >= 0.6 is 0 Å². The fourth-order valence-corrected chi connectivity index (χ4v) is 2.01. The molecule has 0 spiro atoms. The molecule has 9 heteroatoms. The zero-order valence-corrected chi connectivity index (χ0v) is 14.2. The first-order valence-electron chi connectivity index (χ1n) is 7.68. The van der Waals surface area contributed by atoms with Crippen LogP contribution in [0.5, 0.6) is 0 Å². The number of nitrogens with zero attached hydrogens (tertiary/aromatic N) is 1. The third kappa shape index (κ3) is 5.84. The molecule has 0 heterocycles. The van der Waals surface area contributed by atoms with Crippen molar-refractivity contribution in [2.24, 2.45) is 0 Å². The Morgan fingerprint density at radius 1 is 1.00 bits per heavy atom. The van der Waals surface area contributed by atoms with Crippen LogP contribution in [0.25, 0.3) is 0 Å². The molecule has 2 aromatic rings. The standard InChI is InChI=1S/C18H15F3N2O4/c1-23(9-16(24)22-13-5-2-11(19)3-6-13)17(25)10-27-18(26)14-7-4-12(20)8-15(14)21/h2-8H,9-10H2,1H3,(H,22,24). The van der Waals surface area contributed by atoms with Gasteiger partial charge in [0.05, 0.1) is 12.1 Å². The highest BCUT2D eigenvalue weighted by Gasteiger charge is 2.18. The summed E-state index contributed by atoms with van der Waals surface area (Å²) in [7, 11) is 1.30. The number of rotatable bonds is 6. The maximum atomic E-state index is 13.5. The summed E-state index contributed by atoms with van der Waals surface area (Å²) in [5.41, 5.74) is -0.165. The largest absolute Gasteiger partial charge is 0.452 e. The van der Waals surface area contributed by atoms with Gasteiger partial charge in [-0.2, -0.15) is 0 Å². The first kappa shape index (κ1) is 20.0. The molecule has 0 fully saturated rings. The van der Waals surface area contributed by atoms with Crippen LogP contribution in [0, 0.1) is 17.5 Å². The Kier molecular flexibility index (Phi) is 6.53. The normalized spacial score (nSPS) is 10.2. The zero-order chi connectivity index (χ0) is 20.0. The highest BCUT2D eigenvalue weighted by molar-refractivity contribution is 5.95. The van der Waals surface area contributed by atoms with Gasteiger partial charge in [-0.25, -0.2) is 18.0 Å². The first-order valence-corrected chi connectivity index (χ1v) is 7.68. The molecule has 0 bridgehead atoms. The van der Waals surface area contributed by atoms with Crippen molar-refractivity contribution in [1.29, 1.82) is 0 Å². The summed E-state index contributed by atoms with van der Waals surface area (Å²) in [5, 5.41) is 2.47. The minimum atomic E-state index is -1.13. The van der Waals surface area contributed by atoms with Crippen LogP contribution in [0.3, 0.4) is 0 Å². The van der Waals surface area contributed by atoms with Gasteiger partial charge in [-0.3, -0.25) is 9.59 Å². The van der Waals surface area contributed by atoms with Crippen LogP contribution < -0.4 is 5.32 Å². The molecule has 2 aromatic carbocycles. The minimum Gasteiger partial charge on any atom is -0.452 e. The number of esters is 1. The number of amides is 2. The second-order valence-corrected chi connectivity index (χ2v) is 5.51. The molecule has 0 aromatic heterocycles. The molecule has 27 heavy (non-hydrogen) atoms. The van der Waals surface area contributed by atoms with E-state index in [1.807, 2.05) is 0 Å². The van der Waals surface area contributed by atoms with Gasteiger partial charge in [-0.1, -0.05) is 0 Å². The van der Waals surface area contributed by atoms with E-state index in [-0.39, 0.29) is 6.54 Å². The first-order chi connectivity index (χ1) is 12.8. The van der Waals surface area contributed by atoms with Crippen molar-refractivity contribution in [2.45, 2.75) is 0 Å². The summed E-state index contributed by atoms with van der Waals surface area (Å²) >= 11 is 0. The molecule has 0 radical (unpaired) electrons. The SMILES string of the molecule is CN(CC(=O)Nc1ccc(F)cc1)C(=O)COC(=O)c1ccc(F)cc1F. The number of hydrogen-bond acceptors (Lipinski definition) is 4. The molecular weight excluding hydrogens is 365 g/mol. The Bertz CT molecular complexity index is 856. The minimum absolute atomic E-state index is 0.348. The lowest BCUT2D eigenvalue weighted by atomic mass is 10.2. The number of hydrogen-bond donors (Lipinski definition) is 1. The number of carbonyl (C=O) groups excluding carboxylic acids is 3. The predicted molar refractivity (Wildman–Crippen MR) is 89.3 cm³/mol. The summed E-state index contributed by atoms with van der Waals surface area (Å²) in [6.07, 6.45) is 0. The van der Waals surface area contributed by atoms with Crippen LogP contribution in [0.4, 0.5) is 18.9 Å². The quantitative estimate of drug-likeness (QED) is 0.781. The molecule has 2 rings (SSSR count). The number of likely N-dealkylation sites (N-methyl/N-ethyl adjacent to an activating group) is 1. The lowest BCUT2D eigenvalue weighted by molar-refractivity contribution is -0.136. The van der Waals surface area contributed by atoms with E-state index < -0.39 is 47.4 Å². The van der Waals surface area contributed by atoms with Crippen LogP contribution in [0.2, 0.25) is 0 Å². The second-order valence-electron chi connectivity index (χ2n) is 5.51. The topological polar surface area (TPSA) is 75.7 Å². The lowest BCUT2D eigenvalue weighted by Gasteiger charge is -2.17. The summed E-state index contributed by atoms with van der Waals surface area (Å²) in [6, 6.07) is 7.34. The Balaban J connectivity index is 1.83. The summed E-state index contributed by atoms with van der Waals surface area (Å²) in [4.78, 5) is 36.5. The van der Waals surface area contributed by atoms with Gasteiger partial charge < -0.3 is 15.0 Å². The number of benzene rings is 2. The van der Waals surface area contributed by atoms with Gasteiger partial charge in [-0.15, -0.1) is 0 Å². The molecular formula is C18H15F3N2O4. The number of anilines is 1. The summed E-state index contributed by atoms with van der Waals surface area (Å²) in [6.45, 7) is -1.07. The molecule has 0 atom stereocenters. The lowest BCUT2D eigenvalue weighted by Crippen LogP contribution is -2.37. The van der Waals surface area contributed by atoms with Crippen molar-refractivity contribution in [3.63, 3.8) is 0 Å². The molecule has 6 nitrogen and oxygen atoms in total. The molecule has 0 unspecified atom stereocenters. The summed E-state index contributed by atoms with van der Waals surface area (Å²) < 4.78 is 43.8. The fourth-order valence-electron chi connectivity index (χ4n) is 2.01. The highest BCUT2D eigenvalue weighted by Crippen LogP contribution is 2.11. The van der Waals surface area contributed by atoms with Crippen LogP contribution in [0.1, 0.15) is 10.4 Å². The van der Waals surface area contributed by atoms with Gasteiger partial charge in [0.1, 0.15) is 17.5 Å². The van der Waals surface area contributed by atoms with Gasteiger partial charge in [0.2, 0.25) is 5.91 Å². The van der Waals surface area contributed by atoms with Crippen molar-refractivity contribution in [3.8, 4) is 0 Å². The number of ether oxygens (including phenoxy) is 1. The van der Waals surface area contributed by atoms with Gasteiger partial charge in [0.25, 0.3) is 5.91 Å². The number of halogens is 3. The van der Waals surface area contributed by atoms with Gasteiger partial charge in [0, 0.05) is 18.8 Å². The van der Waals surface area contributed by atoms with Crippen molar-refractivity contribution < 1.29 is 32.3 Å². The van der Waals surface area contributed by atoms with E-state index in [1.54, 1.807) is 0 Å². The zero-order valence-electron chi connectivity index (χ0n) is 14.2. The summed E-state index contributed by atoms with van der Waals surface area (Å²) in [5.74, 6) is -4.82. The second kappa shape index (κ2) is 8.84. The molecule has 0 aliphatic carbocycles. The van der Waals surface area contributed by atoms with Crippen molar-refractivity contribution >= 4 is 23.5 Å². The van der Waals surface area contributed by atoms with Gasteiger partial charge in [0.15, 0.2) is 6.61 Å². The van der Waals surface area contributed by atoms with Gasteiger partial charge >= 0.3 is 5.97 Å². The van der Waals surface area contributed by atoms with E-state index in [2.05, 4.69) is 10.1 Å². The number of nitrogens with one attached hydrogen (secondary N) is 1. The molecule has 0 saturated heterocycles. The molecule has 142 valence electrons. The van der Waals surface area contributed by atoms with Crippen molar-refractivity contribution in [2.75, 3.05) is 25.5 Å². The molecule has 0 aliphatic heterocycles. The van der Waals surface area contributed by atoms with E-state index in [4.69, 9.17) is 0 Å². The number of carbonyl (C=O) groups is 3. The Hall–Kier alpha value is -3.36. The van der Waals surface area contributed by atoms with Crippen LogP contribution in [-0.4, -0.2) is 42.9 Å². The fraction of sp³-hybridized carbons (Fsp3) is 0.167. The average Bonchev–Trinajstić information content (AvgIpc) is 2.61. The Labute approximate surface area is 152 Å². The van der Waals surface area contributed by atoms with E-state index >= 15 is 0 Å². The smallest absolute Gasteiger partial charge is 0.341 e. The third-order valence-electron chi connectivity index (χ3n) is 3.41. The van der Waals surface area contributed by atoms with Crippen LogP contribution in [-0.2, 0) is 14.3 Å². The predicted octanol–water partition coefficient (Wildman–Crippen LogP) is 2.36. The van der Waals surface area contributed by atoms with Crippen molar-refractivity contribution in [1.82, 2.24) is 4.90 Å². The third-order valence-corrected chi connectivity index (χ3v) is 3.41. The average molecular weight is 380 g/mol. The van der Waals surface area contributed by atoms with Gasteiger partial charge in [-0.05, 0) is 36.4 Å².